The Balaban J connectivity index is 0.825. The van der Waals surface area contributed by atoms with E-state index in [1.807, 2.05) is 72.8 Å². The second-order valence-electron chi connectivity index (χ2n) is 19.4. The van der Waals surface area contributed by atoms with Crippen molar-refractivity contribution in [2.75, 3.05) is 39.6 Å². The molecule has 0 bridgehead atoms. The van der Waals surface area contributed by atoms with Crippen LogP contribution in [0.1, 0.15) is 155 Å². The van der Waals surface area contributed by atoms with E-state index >= 15 is 0 Å². The van der Waals surface area contributed by atoms with Crippen LogP contribution in [0.4, 0.5) is 0 Å². The number of benzene rings is 4. The fourth-order valence-corrected chi connectivity index (χ4v) is 8.14. The molecule has 0 radical (unpaired) electrons. The Morgan fingerprint density at radius 1 is 0.342 bits per heavy atom. The molecule has 1 N–H and O–H groups in total. The molecule has 0 atom stereocenters. The minimum atomic E-state index is -0.426. The molecule has 0 amide bonds. The molecule has 1 aromatic heterocycles. The summed E-state index contributed by atoms with van der Waals surface area (Å²) in [5.41, 5.74) is 4.95. The maximum atomic E-state index is 11.8. The fraction of sp³-hybridized carbons (Fsp3) is 0.476. The van der Waals surface area contributed by atoms with Crippen LogP contribution in [0.3, 0.4) is 0 Å². The van der Waals surface area contributed by atoms with Gasteiger partial charge < -0.3 is 38.3 Å². The number of aliphatic hydroxyl groups excluding tert-OH is 1. The van der Waals surface area contributed by atoms with Crippen LogP contribution in [0, 0.1) is 0 Å². The molecule has 410 valence electrons. The van der Waals surface area contributed by atoms with E-state index in [1.54, 1.807) is 38.1 Å². The Bertz CT molecular complexity index is 2260. The predicted molar refractivity (Wildman–Crippen MR) is 301 cm³/mol. The summed E-state index contributed by atoms with van der Waals surface area (Å²) >= 11 is 0. The van der Waals surface area contributed by atoms with Crippen molar-refractivity contribution in [3.8, 4) is 63.3 Å². The van der Waals surface area contributed by atoms with Crippen molar-refractivity contribution in [2.24, 2.45) is 0 Å². The van der Waals surface area contributed by atoms with Gasteiger partial charge in [-0.15, -0.1) is 15.0 Å². The molecular weight excluding hydrogens is 959 g/mol. The zero-order chi connectivity index (χ0) is 53.8. The molecule has 0 aliphatic carbocycles. The number of ether oxygens (including phenoxy) is 7. The topological polar surface area (TPSA) is 158 Å². The van der Waals surface area contributed by atoms with Crippen LogP contribution in [0.15, 0.2) is 121 Å². The van der Waals surface area contributed by atoms with Crippen LogP contribution in [0.2, 0.25) is 0 Å². The fourth-order valence-electron chi connectivity index (χ4n) is 8.14. The van der Waals surface area contributed by atoms with E-state index in [0.29, 0.717) is 68.5 Å². The number of nitrogens with zero attached hydrogens (tertiary/aromatic N) is 3. The number of aromatic nitrogens is 3. The maximum Gasteiger partial charge on any atom is 0.338 e. The van der Waals surface area contributed by atoms with Gasteiger partial charge in [0.25, 0.3) is 0 Å². The minimum absolute atomic E-state index is 0.116. The van der Waals surface area contributed by atoms with Crippen molar-refractivity contribution in [2.45, 2.75) is 155 Å². The van der Waals surface area contributed by atoms with Crippen molar-refractivity contribution in [1.82, 2.24) is 15.0 Å². The molecule has 0 unspecified atom stereocenters. The third kappa shape index (κ3) is 24.7. The quantitative estimate of drug-likeness (QED) is 0.0171. The number of aliphatic hydroxyl groups is 1. The summed E-state index contributed by atoms with van der Waals surface area (Å²) in [6.07, 6.45) is 24.5. The summed E-state index contributed by atoms with van der Waals surface area (Å²) in [6, 6.07) is 31.7. The van der Waals surface area contributed by atoms with Crippen LogP contribution >= 0.6 is 0 Å². The van der Waals surface area contributed by atoms with Gasteiger partial charge in [0, 0.05) is 17.8 Å². The number of esters is 2. The van der Waals surface area contributed by atoms with E-state index in [4.69, 9.17) is 38.3 Å². The largest absolute Gasteiger partial charge is 0.494 e. The van der Waals surface area contributed by atoms with Gasteiger partial charge in [-0.3, -0.25) is 0 Å². The summed E-state index contributed by atoms with van der Waals surface area (Å²) < 4.78 is 40.2. The van der Waals surface area contributed by atoms with Crippen molar-refractivity contribution in [3.63, 3.8) is 0 Å². The summed E-state index contributed by atoms with van der Waals surface area (Å²) in [5.74, 6) is 1.88. The number of unbranched alkanes of at least 4 members (excludes halogenated alkanes) is 19. The van der Waals surface area contributed by atoms with Gasteiger partial charge in [0.05, 0.1) is 33.0 Å². The Morgan fingerprint density at radius 3 is 0.816 bits per heavy atom. The third-order valence-corrected chi connectivity index (χ3v) is 12.6. The average molecular weight is 1040 g/mol. The van der Waals surface area contributed by atoms with Crippen molar-refractivity contribution in [1.29, 1.82) is 0 Å². The average Bonchev–Trinajstić information content (AvgIpc) is 3.43. The first-order valence-electron chi connectivity index (χ1n) is 27.8. The molecule has 0 spiro atoms. The van der Waals surface area contributed by atoms with Crippen LogP contribution in [0.25, 0.3) is 22.3 Å². The van der Waals surface area contributed by atoms with E-state index in [-0.39, 0.29) is 24.6 Å². The highest BCUT2D eigenvalue weighted by Gasteiger charge is 2.12. The highest BCUT2D eigenvalue weighted by molar-refractivity contribution is 5.89. The summed E-state index contributed by atoms with van der Waals surface area (Å²) in [7, 11) is 0. The number of rotatable bonds is 41. The Hall–Kier alpha value is -6.73. The molecular formula is C63H83N3O10. The molecule has 0 aliphatic rings. The second-order valence-corrected chi connectivity index (χ2v) is 19.4. The van der Waals surface area contributed by atoms with Gasteiger partial charge in [0.1, 0.15) is 23.0 Å². The predicted octanol–water partition coefficient (Wildman–Crippen LogP) is 15.0. The van der Waals surface area contributed by atoms with Gasteiger partial charge in [-0.1, -0.05) is 164 Å². The molecule has 0 aliphatic heterocycles. The van der Waals surface area contributed by atoms with E-state index in [1.165, 1.54) is 77.0 Å². The minimum Gasteiger partial charge on any atom is -0.494 e. The summed E-state index contributed by atoms with van der Waals surface area (Å²) in [6.45, 7) is 13.5. The van der Waals surface area contributed by atoms with Crippen molar-refractivity contribution in [3.05, 3.63) is 121 Å². The zero-order valence-electron chi connectivity index (χ0n) is 45.4. The molecule has 0 saturated carbocycles. The third-order valence-electron chi connectivity index (χ3n) is 12.6. The van der Waals surface area contributed by atoms with Crippen LogP contribution in [-0.2, 0) is 9.59 Å². The molecule has 13 heteroatoms. The number of carbonyl (C=O) groups excluding carboxylic acids is 2. The molecule has 5 rings (SSSR count). The van der Waals surface area contributed by atoms with E-state index in [0.717, 1.165) is 85.1 Å². The number of hydrogen-bond donors (Lipinski definition) is 1. The Kier molecular flexibility index (Phi) is 28.7. The molecule has 4 aromatic carbocycles. The lowest BCUT2D eigenvalue weighted by molar-refractivity contribution is -0.130. The van der Waals surface area contributed by atoms with Gasteiger partial charge in [-0.25, -0.2) is 9.59 Å². The van der Waals surface area contributed by atoms with E-state index in [9.17, 15) is 9.59 Å². The van der Waals surface area contributed by atoms with Crippen molar-refractivity contribution >= 4 is 11.9 Å². The molecule has 0 saturated heterocycles. The standard InChI is InChI=1S/C63H83N3O10/c1-49(2)59(68)75-57-39-31-53(32-40-57)51-27-35-55(36-28-51)70-44-22-17-13-9-5-7-11-15-19-24-46-72-61-64-62(66-63(65-61)74-48-26-21-43-67)73-47-25-20-16-12-8-6-10-14-18-23-45-71-56-37-29-52(30-38-56)54-33-41-58(42-34-54)76-60(69)50(3)4/h27-42,67H,1,3,5-26,43-48H2,2,4H3. The monoisotopic (exact) mass is 1040 g/mol. The molecule has 5 aromatic rings. The summed E-state index contributed by atoms with van der Waals surface area (Å²) in [5, 5.41) is 9.15. The lowest BCUT2D eigenvalue weighted by Gasteiger charge is -2.10. The van der Waals surface area contributed by atoms with Crippen LogP contribution in [0.5, 0.6) is 41.0 Å². The van der Waals surface area contributed by atoms with E-state index < -0.39 is 11.9 Å². The lowest BCUT2D eigenvalue weighted by Crippen LogP contribution is -2.09. The highest BCUT2D eigenvalue weighted by atomic mass is 16.5. The SMILES string of the molecule is C=C(C)C(=O)Oc1ccc(-c2ccc(OCCCCCCCCCCCCOc3nc(OCCCCO)nc(OCCCCCCCCCCCCOc4ccc(-c5ccc(OC(=O)C(=C)C)cc5)cc4)n3)cc2)cc1. The van der Waals surface area contributed by atoms with Crippen molar-refractivity contribution < 1.29 is 47.9 Å². The Labute approximate surface area is 452 Å². The molecule has 76 heavy (non-hydrogen) atoms. The number of carbonyl (C=O) groups is 2. The normalized spacial score (nSPS) is 10.9. The van der Waals surface area contributed by atoms with Gasteiger partial charge >= 0.3 is 30.0 Å². The molecule has 0 fully saturated rings. The first-order chi connectivity index (χ1) is 37.2. The van der Waals surface area contributed by atoms with Crippen LogP contribution in [-0.4, -0.2) is 71.6 Å². The van der Waals surface area contributed by atoms with Gasteiger partial charge in [-0.2, -0.15) is 0 Å². The second kappa shape index (κ2) is 36.3. The maximum absolute atomic E-state index is 11.8. The summed E-state index contributed by atoms with van der Waals surface area (Å²) in [4.78, 5) is 36.7. The number of hydrogen-bond acceptors (Lipinski definition) is 13. The molecule has 1 heterocycles. The first-order valence-corrected chi connectivity index (χ1v) is 27.8. The van der Waals surface area contributed by atoms with Gasteiger partial charge in [-0.05, 0) is 123 Å². The van der Waals surface area contributed by atoms with Gasteiger partial charge in [0.2, 0.25) is 0 Å². The zero-order valence-corrected chi connectivity index (χ0v) is 45.4. The van der Waals surface area contributed by atoms with E-state index in [2.05, 4.69) is 28.1 Å². The molecule has 13 nitrogen and oxygen atoms in total. The Morgan fingerprint density at radius 2 is 0.566 bits per heavy atom. The highest BCUT2D eigenvalue weighted by Crippen LogP contribution is 2.27. The lowest BCUT2D eigenvalue weighted by atomic mass is 10.1. The van der Waals surface area contributed by atoms with Crippen LogP contribution < -0.4 is 33.2 Å². The first kappa shape index (κ1) is 60.1. The van der Waals surface area contributed by atoms with Gasteiger partial charge in [0.15, 0.2) is 0 Å². The smallest absolute Gasteiger partial charge is 0.338 e.